The molecule has 1 aromatic rings. The normalized spacial score (nSPS) is 18.4. The second-order valence-corrected chi connectivity index (χ2v) is 9.43. The van der Waals surface area contributed by atoms with Crippen LogP contribution >= 0.6 is 35.6 Å². The second kappa shape index (κ2) is 11.2. The van der Waals surface area contributed by atoms with E-state index in [9.17, 15) is 13.2 Å². The van der Waals surface area contributed by atoms with Gasteiger partial charge in [-0.25, -0.2) is 8.42 Å². The van der Waals surface area contributed by atoms with Gasteiger partial charge in [0.1, 0.15) is 0 Å². The monoisotopic (exact) mass is 545 g/mol. The molecule has 28 heavy (non-hydrogen) atoms. The average Bonchev–Trinajstić information content (AvgIpc) is 3.07. The first kappa shape index (κ1) is 25.0. The van der Waals surface area contributed by atoms with E-state index in [4.69, 9.17) is 11.6 Å². The Morgan fingerprint density at radius 2 is 2.18 bits per heavy atom. The number of amides is 1. The highest BCUT2D eigenvalue weighted by Crippen LogP contribution is 2.14. The van der Waals surface area contributed by atoms with Crippen LogP contribution in [-0.4, -0.2) is 67.4 Å². The van der Waals surface area contributed by atoms with Crippen molar-refractivity contribution in [3.05, 3.63) is 23.0 Å². The molecule has 1 aromatic heterocycles. The van der Waals surface area contributed by atoms with Crippen molar-refractivity contribution in [2.45, 2.75) is 32.4 Å². The first-order chi connectivity index (χ1) is 12.7. The van der Waals surface area contributed by atoms with Crippen LogP contribution < -0.4 is 10.6 Å². The predicted molar refractivity (Wildman–Crippen MR) is 123 cm³/mol. The minimum absolute atomic E-state index is 0. The maximum absolute atomic E-state index is 12.0. The number of sulfone groups is 1. The zero-order valence-corrected chi connectivity index (χ0v) is 20.3. The van der Waals surface area contributed by atoms with Crippen LogP contribution in [0.3, 0.4) is 0 Å². The van der Waals surface area contributed by atoms with Crippen molar-refractivity contribution < 1.29 is 13.2 Å². The summed E-state index contributed by atoms with van der Waals surface area (Å²) < 4.78 is 24.9. The number of carbonyl (C=O) groups excluding carboxylic acids is 1. The number of guanidine groups is 1. The molecule has 0 bridgehead atoms. The van der Waals surface area contributed by atoms with E-state index >= 15 is 0 Å². The molecule has 1 unspecified atom stereocenters. The average molecular weight is 546 g/mol. The molecule has 2 N–H and O–H groups in total. The highest BCUT2D eigenvalue weighted by atomic mass is 127. The van der Waals surface area contributed by atoms with Crippen LogP contribution in [0.2, 0.25) is 5.02 Å². The van der Waals surface area contributed by atoms with E-state index < -0.39 is 9.84 Å². The van der Waals surface area contributed by atoms with E-state index in [1.807, 2.05) is 42.7 Å². The Morgan fingerprint density at radius 1 is 1.46 bits per heavy atom. The molecule has 2 heterocycles. The number of nitrogens with one attached hydrogen (secondary N) is 2. The quantitative estimate of drug-likeness (QED) is 0.307. The maximum atomic E-state index is 12.0. The van der Waals surface area contributed by atoms with Gasteiger partial charge < -0.3 is 20.1 Å². The van der Waals surface area contributed by atoms with E-state index in [1.54, 1.807) is 0 Å². The summed E-state index contributed by atoms with van der Waals surface area (Å²) in [4.78, 5) is 18.5. The summed E-state index contributed by atoms with van der Waals surface area (Å²) in [5.74, 6) is 0.709. The Kier molecular flexibility index (Phi) is 10.1. The SMILES string of the molecule is CCNC(=NCCC(=O)NC1CCS(=O)(=O)C1)N(C)Cc1cc(Cl)cn1C.I. The van der Waals surface area contributed by atoms with Crippen LogP contribution in [0.5, 0.6) is 0 Å². The van der Waals surface area contributed by atoms with E-state index in [0.717, 1.165) is 5.69 Å². The smallest absolute Gasteiger partial charge is 0.222 e. The molecule has 2 rings (SSSR count). The fourth-order valence-corrected chi connectivity index (χ4v) is 4.93. The Labute approximate surface area is 189 Å². The zero-order valence-electron chi connectivity index (χ0n) is 16.4. The predicted octanol–water partition coefficient (Wildman–Crippen LogP) is 1.39. The van der Waals surface area contributed by atoms with Crippen molar-refractivity contribution in [2.75, 3.05) is 31.6 Å². The molecule has 1 saturated heterocycles. The van der Waals surface area contributed by atoms with Crippen molar-refractivity contribution in [1.82, 2.24) is 20.1 Å². The lowest BCUT2D eigenvalue weighted by Gasteiger charge is -2.22. The summed E-state index contributed by atoms with van der Waals surface area (Å²) in [7, 11) is 0.864. The van der Waals surface area contributed by atoms with Crippen LogP contribution in [0, 0.1) is 0 Å². The van der Waals surface area contributed by atoms with Gasteiger partial charge in [-0.1, -0.05) is 11.6 Å². The Morgan fingerprint density at radius 3 is 2.71 bits per heavy atom. The molecule has 1 aliphatic rings. The minimum Gasteiger partial charge on any atom is -0.357 e. The fraction of sp³-hybridized carbons (Fsp3) is 0.647. The van der Waals surface area contributed by atoms with Gasteiger partial charge in [-0.3, -0.25) is 9.79 Å². The van der Waals surface area contributed by atoms with Crippen molar-refractivity contribution in [3.63, 3.8) is 0 Å². The molecule has 11 heteroatoms. The summed E-state index contributed by atoms with van der Waals surface area (Å²) in [6.45, 7) is 3.65. The number of carbonyl (C=O) groups is 1. The lowest BCUT2D eigenvalue weighted by atomic mass is 10.2. The molecule has 160 valence electrons. The number of aromatic nitrogens is 1. The van der Waals surface area contributed by atoms with Crippen LogP contribution in [-0.2, 0) is 28.2 Å². The van der Waals surface area contributed by atoms with Crippen molar-refractivity contribution in [2.24, 2.45) is 12.0 Å². The van der Waals surface area contributed by atoms with Crippen molar-refractivity contribution in [1.29, 1.82) is 0 Å². The number of rotatable bonds is 7. The van der Waals surface area contributed by atoms with E-state index in [2.05, 4.69) is 15.6 Å². The number of aliphatic imine (C=N–C) groups is 1. The van der Waals surface area contributed by atoms with Crippen molar-refractivity contribution >= 4 is 57.3 Å². The first-order valence-electron chi connectivity index (χ1n) is 9.00. The molecular weight excluding hydrogens is 517 g/mol. The Bertz CT molecular complexity index is 797. The van der Waals surface area contributed by atoms with Gasteiger partial charge in [0.25, 0.3) is 0 Å². The standard InChI is InChI=1S/C17H28ClN5O3S.HI/c1-4-19-17(23(3)11-15-9-13(18)10-22(15)2)20-7-5-16(24)21-14-6-8-27(25,26)12-14;/h9-10,14H,4-8,11-12H2,1-3H3,(H,19,20)(H,21,24);1H. The molecule has 1 atom stereocenters. The molecular formula is C17H29ClIN5O3S. The molecule has 1 aliphatic heterocycles. The van der Waals surface area contributed by atoms with Crippen molar-refractivity contribution in [3.8, 4) is 0 Å². The van der Waals surface area contributed by atoms with Crippen LogP contribution in [0.15, 0.2) is 17.3 Å². The number of aryl methyl sites for hydroxylation is 1. The largest absolute Gasteiger partial charge is 0.357 e. The summed E-state index contributed by atoms with van der Waals surface area (Å²) in [5, 5.41) is 6.68. The lowest BCUT2D eigenvalue weighted by Crippen LogP contribution is -2.39. The van der Waals surface area contributed by atoms with Gasteiger partial charge in [0.15, 0.2) is 15.8 Å². The van der Waals surface area contributed by atoms with E-state index in [-0.39, 0.29) is 53.9 Å². The third-order valence-electron chi connectivity index (χ3n) is 4.37. The number of hydrogen-bond donors (Lipinski definition) is 2. The zero-order chi connectivity index (χ0) is 20.0. The van der Waals surface area contributed by atoms with Gasteiger partial charge in [0.05, 0.1) is 29.6 Å². The van der Waals surface area contributed by atoms with Crippen LogP contribution in [0.1, 0.15) is 25.5 Å². The summed E-state index contributed by atoms with van der Waals surface area (Å²) in [6.07, 6.45) is 2.56. The third-order valence-corrected chi connectivity index (χ3v) is 6.34. The van der Waals surface area contributed by atoms with Gasteiger partial charge in [-0.2, -0.15) is 0 Å². The highest BCUT2D eigenvalue weighted by molar-refractivity contribution is 14.0. The molecule has 1 amide bonds. The van der Waals surface area contributed by atoms with E-state index in [1.165, 1.54) is 0 Å². The minimum atomic E-state index is -3.00. The topological polar surface area (TPSA) is 95.8 Å². The summed E-state index contributed by atoms with van der Waals surface area (Å²) in [5.41, 5.74) is 1.05. The van der Waals surface area contributed by atoms with Gasteiger partial charge in [0.2, 0.25) is 5.91 Å². The second-order valence-electron chi connectivity index (χ2n) is 6.77. The molecule has 0 radical (unpaired) electrons. The highest BCUT2D eigenvalue weighted by Gasteiger charge is 2.28. The van der Waals surface area contributed by atoms with E-state index in [0.29, 0.717) is 37.0 Å². The Balaban J connectivity index is 0.00000392. The number of hydrogen-bond acceptors (Lipinski definition) is 4. The molecule has 0 aromatic carbocycles. The Hall–Kier alpha value is -1.01. The van der Waals surface area contributed by atoms with Gasteiger partial charge in [-0.15, -0.1) is 24.0 Å². The fourth-order valence-electron chi connectivity index (χ4n) is 2.98. The van der Waals surface area contributed by atoms with Gasteiger partial charge in [0, 0.05) is 45.0 Å². The number of nitrogens with zero attached hydrogens (tertiary/aromatic N) is 3. The molecule has 0 saturated carbocycles. The lowest BCUT2D eigenvalue weighted by molar-refractivity contribution is -0.121. The van der Waals surface area contributed by atoms with Crippen LogP contribution in [0.25, 0.3) is 0 Å². The van der Waals surface area contributed by atoms with Gasteiger partial charge >= 0.3 is 0 Å². The third kappa shape index (κ3) is 7.78. The maximum Gasteiger partial charge on any atom is 0.222 e. The summed E-state index contributed by atoms with van der Waals surface area (Å²) >= 11 is 6.03. The number of halogens is 2. The van der Waals surface area contributed by atoms with Crippen LogP contribution in [0.4, 0.5) is 0 Å². The molecule has 1 fully saturated rings. The molecule has 0 aliphatic carbocycles. The van der Waals surface area contributed by atoms with Gasteiger partial charge in [-0.05, 0) is 19.4 Å². The summed E-state index contributed by atoms with van der Waals surface area (Å²) in [6, 6.07) is 1.63. The first-order valence-corrected chi connectivity index (χ1v) is 11.2. The molecule has 0 spiro atoms. The molecule has 8 nitrogen and oxygen atoms in total.